The summed E-state index contributed by atoms with van der Waals surface area (Å²) in [6.45, 7) is 6.70. The Balaban J connectivity index is 1.34. The van der Waals surface area contributed by atoms with Crippen LogP contribution in [0.2, 0.25) is 0 Å². The highest BCUT2D eigenvalue weighted by molar-refractivity contribution is 6.03. The summed E-state index contributed by atoms with van der Waals surface area (Å²) in [7, 11) is 0. The number of aromatic nitrogens is 2. The van der Waals surface area contributed by atoms with E-state index in [2.05, 4.69) is 20.4 Å². The Hall–Kier alpha value is -5.17. The molecule has 0 saturated carbocycles. The normalized spacial score (nSPS) is 15.8. The number of hydrogen-bond acceptors (Lipinski definition) is 8. The van der Waals surface area contributed by atoms with Crippen molar-refractivity contribution in [3.8, 4) is 5.75 Å². The monoisotopic (exact) mass is 618 g/mol. The highest BCUT2D eigenvalue weighted by Gasteiger charge is 2.30. The number of phenolic OH excluding ortho intramolecular Hbond substituents is 1. The molecule has 1 fully saturated rings. The van der Waals surface area contributed by atoms with E-state index in [0.717, 1.165) is 12.3 Å². The molecule has 5 rings (SSSR count). The number of aromatic hydroxyl groups is 1. The average Bonchev–Trinajstić information content (AvgIpc) is 3.02. The van der Waals surface area contributed by atoms with Crippen molar-refractivity contribution >= 4 is 34.2 Å². The van der Waals surface area contributed by atoms with E-state index in [4.69, 9.17) is 0 Å². The Bertz CT molecular complexity index is 1880. The number of carboxylic acid groups (broad SMARTS) is 1. The maximum Gasteiger partial charge on any atom is 0.341 e. The Kier molecular flexibility index (Phi) is 8.91. The van der Waals surface area contributed by atoms with Crippen LogP contribution in [0.15, 0.2) is 64.9 Å². The highest BCUT2D eigenvalue weighted by atomic mass is 19.1. The molecule has 1 aliphatic rings. The Labute approximate surface area is 257 Å². The lowest BCUT2D eigenvalue weighted by molar-refractivity contribution is 0.0694. The number of piperazine rings is 1. The Morgan fingerprint density at radius 3 is 2.53 bits per heavy atom. The van der Waals surface area contributed by atoms with Gasteiger partial charge >= 0.3 is 5.97 Å². The molecule has 45 heavy (non-hydrogen) atoms. The summed E-state index contributed by atoms with van der Waals surface area (Å²) in [5, 5.41) is 24.3. The van der Waals surface area contributed by atoms with Crippen molar-refractivity contribution in [2.24, 2.45) is 5.10 Å². The Morgan fingerprint density at radius 2 is 1.87 bits per heavy atom. The fraction of sp³-hybridized carbons (Fsp3) is 0.281. The molecule has 0 radical (unpaired) electrons. The minimum absolute atomic E-state index is 0.0106. The molecule has 13 heteroatoms. The third kappa shape index (κ3) is 6.11. The molecule has 0 spiro atoms. The molecule has 1 saturated heterocycles. The van der Waals surface area contributed by atoms with Gasteiger partial charge in [-0.1, -0.05) is 12.1 Å². The van der Waals surface area contributed by atoms with Gasteiger partial charge in [0.05, 0.1) is 16.6 Å². The number of halogens is 2. The van der Waals surface area contributed by atoms with Gasteiger partial charge in [0.1, 0.15) is 22.8 Å². The number of nitrogens with zero attached hydrogens (tertiary/aromatic N) is 5. The van der Waals surface area contributed by atoms with Crippen LogP contribution in [0.25, 0.3) is 10.9 Å². The molecule has 2 aromatic heterocycles. The first-order valence-corrected chi connectivity index (χ1v) is 14.3. The van der Waals surface area contributed by atoms with E-state index in [9.17, 15) is 24.6 Å². The van der Waals surface area contributed by atoms with Crippen molar-refractivity contribution in [3.63, 3.8) is 0 Å². The molecule has 0 bridgehead atoms. The van der Waals surface area contributed by atoms with Crippen LogP contribution in [0.4, 0.5) is 14.5 Å². The first-order chi connectivity index (χ1) is 21.5. The number of carboxylic acids is 1. The largest absolute Gasteiger partial charge is 0.507 e. The number of aryl methyl sites for hydroxylation is 1. The summed E-state index contributed by atoms with van der Waals surface area (Å²) in [6.07, 6.45) is 4.08. The highest BCUT2D eigenvalue weighted by Crippen LogP contribution is 2.33. The topological polar surface area (TPSA) is 140 Å². The van der Waals surface area contributed by atoms with Gasteiger partial charge in [-0.25, -0.2) is 19.0 Å². The predicted molar refractivity (Wildman–Crippen MR) is 165 cm³/mol. The van der Waals surface area contributed by atoms with E-state index in [1.807, 2.05) is 6.92 Å². The number of rotatable bonds is 8. The van der Waals surface area contributed by atoms with E-state index in [1.165, 1.54) is 17.0 Å². The summed E-state index contributed by atoms with van der Waals surface area (Å²) in [5.74, 6) is -3.74. The molecule has 0 aliphatic carbocycles. The SMILES string of the molecule is CCn1cc(C(=O)O)c(=O)c2cc(F)c(N3CCN(Cc4cccc(/C(C)=N\NC(=O)c5ccncc5)c4O)C(C)C3)c(F)c21. The number of hydrazone groups is 1. The molecule has 3 N–H and O–H groups in total. The zero-order valence-corrected chi connectivity index (χ0v) is 24.9. The minimum Gasteiger partial charge on any atom is -0.507 e. The van der Waals surface area contributed by atoms with E-state index in [1.54, 1.807) is 49.1 Å². The number of fused-ring (bicyclic) bond motifs is 1. The summed E-state index contributed by atoms with van der Waals surface area (Å²) < 4.78 is 32.7. The summed E-state index contributed by atoms with van der Waals surface area (Å²) >= 11 is 0. The van der Waals surface area contributed by atoms with Crippen LogP contribution >= 0.6 is 0 Å². The number of carbonyl (C=O) groups excluding carboxylic acids is 1. The van der Waals surface area contributed by atoms with E-state index in [-0.39, 0.29) is 48.0 Å². The number of nitrogens with one attached hydrogen (secondary N) is 1. The van der Waals surface area contributed by atoms with Gasteiger partial charge < -0.3 is 19.7 Å². The fourth-order valence-electron chi connectivity index (χ4n) is 5.59. The van der Waals surface area contributed by atoms with Crippen LogP contribution in [0.5, 0.6) is 5.75 Å². The van der Waals surface area contributed by atoms with E-state index in [0.29, 0.717) is 35.5 Å². The molecule has 4 aromatic rings. The van der Waals surface area contributed by atoms with Gasteiger partial charge in [-0.3, -0.25) is 19.5 Å². The first kappa shape index (κ1) is 31.3. The molecule has 3 heterocycles. The fourth-order valence-corrected chi connectivity index (χ4v) is 5.59. The van der Waals surface area contributed by atoms with Gasteiger partial charge in [-0.15, -0.1) is 0 Å². The number of benzene rings is 2. The predicted octanol–water partition coefficient (Wildman–Crippen LogP) is 3.96. The maximum absolute atomic E-state index is 16.0. The van der Waals surface area contributed by atoms with E-state index < -0.39 is 34.5 Å². The maximum atomic E-state index is 16.0. The van der Waals surface area contributed by atoms with Crippen LogP contribution in [-0.2, 0) is 13.1 Å². The van der Waals surface area contributed by atoms with Crippen LogP contribution in [0.3, 0.4) is 0 Å². The lowest BCUT2D eigenvalue weighted by atomic mass is 10.0. The van der Waals surface area contributed by atoms with Gasteiger partial charge in [-0.05, 0) is 45.0 Å². The second kappa shape index (κ2) is 12.8. The number of para-hydroxylation sites is 1. The summed E-state index contributed by atoms with van der Waals surface area (Å²) in [6, 6.07) is 9.09. The molecular weight excluding hydrogens is 586 g/mol. The van der Waals surface area contributed by atoms with Crippen LogP contribution < -0.4 is 15.8 Å². The smallest absolute Gasteiger partial charge is 0.341 e. The van der Waals surface area contributed by atoms with Crippen LogP contribution in [0.1, 0.15) is 52.6 Å². The quantitative estimate of drug-likeness (QED) is 0.199. The molecule has 2 aromatic carbocycles. The van der Waals surface area contributed by atoms with Crippen molar-refractivity contribution in [2.45, 2.75) is 39.9 Å². The zero-order chi connectivity index (χ0) is 32.4. The number of aromatic carboxylic acids is 1. The number of hydrogen-bond donors (Lipinski definition) is 3. The van der Waals surface area contributed by atoms with Crippen molar-refractivity contribution in [1.29, 1.82) is 0 Å². The van der Waals surface area contributed by atoms with Gasteiger partial charge in [0, 0.05) is 74.0 Å². The molecular formula is C32H32F2N6O5. The van der Waals surface area contributed by atoms with Crippen molar-refractivity contribution in [2.75, 3.05) is 24.5 Å². The number of pyridine rings is 2. The number of anilines is 1. The van der Waals surface area contributed by atoms with E-state index >= 15 is 8.78 Å². The second-order valence-electron chi connectivity index (χ2n) is 10.8. The lowest BCUT2D eigenvalue weighted by Crippen LogP contribution is -2.52. The molecule has 11 nitrogen and oxygen atoms in total. The Morgan fingerprint density at radius 1 is 1.13 bits per heavy atom. The second-order valence-corrected chi connectivity index (χ2v) is 10.8. The van der Waals surface area contributed by atoms with Gasteiger partial charge in [0.25, 0.3) is 5.91 Å². The number of carbonyl (C=O) groups is 2. The lowest BCUT2D eigenvalue weighted by Gasteiger charge is -2.41. The van der Waals surface area contributed by atoms with Gasteiger partial charge in [-0.2, -0.15) is 5.10 Å². The standard InChI is InChI=1S/C32H32F2N6O5/c1-4-38-17-24(32(44)45)30(42)23-14-25(33)28(26(34)27(23)38)40-13-12-39(18(2)15-40)16-21-6-5-7-22(29(21)41)19(3)36-37-31(43)20-8-10-35-11-9-20/h5-11,14,17-18,41H,4,12-13,15-16H2,1-3H3,(H,37,43)(H,44,45)/b36-19-. The molecule has 1 atom stereocenters. The average molecular weight is 619 g/mol. The summed E-state index contributed by atoms with van der Waals surface area (Å²) in [5.41, 5.74) is 2.42. The third-order valence-corrected chi connectivity index (χ3v) is 8.03. The van der Waals surface area contributed by atoms with Crippen LogP contribution in [0, 0.1) is 11.6 Å². The molecule has 1 unspecified atom stereocenters. The first-order valence-electron chi connectivity index (χ1n) is 14.3. The third-order valence-electron chi connectivity index (χ3n) is 8.03. The number of phenols is 1. The van der Waals surface area contributed by atoms with Gasteiger partial charge in [0.15, 0.2) is 5.82 Å². The molecule has 1 amide bonds. The van der Waals surface area contributed by atoms with Gasteiger partial charge in [0.2, 0.25) is 5.43 Å². The molecule has 234 valence electrons. The molecule has 1 aliphatic heterocycles. The van der Waals surface area contributed by atoms with Crippen molar-refractivity contribution in [3.05, 3.63) is 99.1 Å². The van der Waals surface area contributed by atoms with Crippen molar-refractivity contribution < 1.29 is 28.6 Å². The minimum atomic E-state index is -1.47. The van der Waals surface area contributed by atoms with Crippen LogP contribution in [-0.4, -0.2) is 67.9 Å². The zero-order valence-electron chi connectivity index (χ0n) is 24.9. The number of amides is 1. The van der Waals surface area contributed by atoms with Crippen molar-refractivity contribution in [1.82, 2.24) is 19.9 Å². The summed E-state index contributed by atoms with van der Waals surface area (Å²) in [4.78, 5) is 44.1.